The van der Waals surface area contributed by atoms with E-state index in [-0.39, 0.29) is 24.1 Å². The lowest BCUT2D eigenvalue weighted by Crippen LogP contribution is -2.35. The Balaban J connectivity index is 1.25. The first-order chi connectivity index (χ1) is 16.4. The first kappa shape index (κ1) is 22.1. The number of H-pyrrole nitrogens is 1. The maximum atomic E-state index is 12.8. The van der Waals surface area contributed by atoms with Gasteiger partial charge in [-0.05, 0) is 43.2 Å². The summed E-state index contributed by atoms with van der Waals surface area (Å²) in [7, 11) is 1.51. The maximum absolute atomic E-state index is 12.8. The number of hydrogen-bond donors (Lipinski definition) is 2. The van der Waals surface area contributed by atoms with E-state index in [4.69, 9.17) is 9.47 Å². The van der Waals surface area contributed by atoms with Crippen LogP contribution in [0.15, 0.2) is 50.9 Å². The number of carbonyl (C=O) groups excluding carboxylic acids is 2. The predicted molar refractivity (Wildman–Crippen MR) is 128 cm³/mol. The van der Waals surface area contributed by atoms with Gasteiger partial charge in [-0.3, -0.25) is 19.1 Å². The third kappa shape index (κ3) is 4.14. The van der Waals surface area contributed by atoms with Gasteiger partial charge in [-0.2, -0.15) is 0 Å². The summed E-state index contributed by atoms with van der Waals surface area (Å²) in [6.07, 6.45) is 0.140. The molecule has 11 heteroatoms. The standard InChI is InChI=1S/C23H22N4O6S/c1-32-14-5-6-16-17(10-14)25-22(30)26(21(16)29)8-2-3-15-11-27(23(31)33-15)13-4-7-19-18(9-13)24-20(28)12-34-19/h4-7,9-10,15H,2-3,8,11-12H2,1H3,(H,24,28)(H,25,30)/t15-/m0/s1. The summed E-state index contributed by atoms with van der Waals surface area (Å²) in [6.45, 7) is 0.549. The highest BCUT2D eigenvalue weighted by molar-refractivity contribution is 8.00. The second-order valence-electron chi connectivity index (χ2n) is 8.07. The van der Waals surface area contributed by atoms with E-state index < -0.39 is 11.8 Å². The number of methoxy groups -OCH3 is 1. The largest absolute Gasteiger partial charge is 0.497 e. The Labute approximate surface area is 197 Å². The molecule has 176 valence electrons. The fourth-order valence-corrected chi connectivity index (χ4v) is 4.95. The van der Waals surface area contributed by atoms with Crippen LogP contribution in [0.1, 0.15) is 12.8 Å². The minimum atomic E-state index is -0.496. The lowest BCUT2D eigenvalue weighted by atomic mass is 10.1. The molecule has 2 aliphatic heterocycles. The number of nitrogens with zero attached hydrogens (tertiary/aromatic N) is 2. The summed E-state index contributed by atoms with van der Waals surface area (Å²) < 4.78 is 11.8. The lowest BCUT2D eigenvalue weighted by molar-refractivity contribution is -0.113. The smallest absolute Gasteiger partial charge is 0.414 e. The van der Waals surface area contributed by atoms with E-state index in [2.05, 4.69) is 10.3 Å². The van der Waals surface area contributed by atoms with Gasteiger partial charge in [0.25, 0.3) is 5.56 Å². The Morgan fingerprint density at radius 1 is 1.15 bits per heavy atom. The topological polar surface area (TPSA) is 123 Å². The molecule has 0 spiro atoms. The van der Waals surface area contributed by atoms with Crippen LogP contribution < -0.4 is 26.2 Å². The molecule has 0 bridgehead atoms. The van der Waals surface area contributed by atoms with Crippen LogP contribution >= 0.6 is 11.8 Å². The number of nitrogens with one attached hydrogen (secondary N) is 2. The summed E-state index contributed by atoms with van der Waals surface area (Å²) in [6, 6.07) is 10.4. The number of cyclic esters (lactones) is 1. The van der Waals surface area contributed by atoms with Crippen molar-refractivity contribution in [1.29, 1.82) is 0 Å². The summed E-state index contributed by atoms with van der Waals surface area (Å²) in [5.41, 5.74) is 0.880. The molecule has 2 amide bonds. The number of thioether (sulfide) groups is 1. The molecule has 34 heavy (non-hydrogen) atoms. The summed E-state index contributed by atoms with van der Waals surface area (Å²) in [5, 5.41) is 3.22. The van der Waals surface area contributed by atoms with Gasteiger partial charge in [-0.25, -0.2) is 9.59 Å². The van der Waals surface area contributed by atoms with Gasteiger partial charge in [0.2, 0.25) is 5.91 Å². The van der Waals surface area contributed by atoms with Crippen LogP contribution in [0.3, 0.4) is 0 Å². The second-order valence-corrected chi connectivity index (χ2v) is 9.09. The van der Waals surface area contributed by atoms with Crippen LogP contribution in [-0.2, 0) is 16.1 Å². The van der Waals surface area contributed by atoms with Crippen LogP contribution in [0.4, 0.5) is 16.2 Å². The molecule has 3 heterocycles. The zero-order chi connectivity index (χ0) is 23.8. The van der Waals surface area contributed by atoms with Crippen LogP contribution in [-0.4, -0.2) is 47.1 Å². The van der Waals surface area contributed by atoms with Crippen molar-refractivity contribution in [3.63, 3.8) is 0 Å². The van der Waals surface area contributed by atoms with Gasteiger partial charge in [0.15, 0.2) is 0 Å². The molecule has 0 aliphatic carbocycles. The summed E-state index contributed by atoms with van der Waals surface area (Å²) in [5.74, 6) is 0.847. The van der Waals surface area contributed by atoms with Crippen molar-refractivity contribution in [3.8, 4) is 5.75 Å². The number of aromatic nitrogens is 2. The molecule has 5 rings (SSSR count). The molecule has 0 saturated carbocycles. The van der Waals surface area contributed by atoms with E-state index in [0.29, 0.717) is 53.2 Å². The molecule has 0 radical (unpaired) electrons. The summed E-state index contributed by atoms with van der Waals surface area (Å²) in [4.78, 5) is 54.6. The van der Waals surface area contributed by atoms with Gasteiger partial charge in [0.1, 0.15) is 11.9 Å². The number of anilines is 2. The number of ether oxygens (including phenoxy) is 2. The highest BCUT2D eigenvalue weighted by Crippen LogP contribution is 2.35. The Bertz CT molecular complexity index is 1410. The Hall–Kier alpha value is -3.73. The average Bonchev–Trinajstić information content (AvgIpc) is 3.20. The van der Waals surface area contributed by atoms with E-state index in [0.717, 1.165) is 9.46 Å². The van der Waals surface area contributed by atoms with E-state index in [1.807, 2.05) is 12.1 Å². The first-order valence-electron chi connectivity index (χ1n) is 10.8. The zero-order valence-electron chi connectivity index (χ0n) is 18.3. The van der Waals surface area contributed by atoms with Crippen LogP contribution in [0.5, 0.6) is 5.75 Å². The molecular formula is C23H22N4O6S. The predicted octanol–water partition coefficient (Wildman–Crippen LogP) is 2.55. The first-order valence-corrected chi connectivity index (χ1v) is 11.8. The highest BCUT2D eigenvalue weighted by Gasteiger charge is 2.32. The number of aromatic amines is 1. The molecule has 1 fully saturated rings. The van der Waals surface area contributed by atoms with Crippen molar-refractivity contribution in [2.45, 2.75) is 30.4 Å². The fourth-order valence-electron chi connectivity index (χ4n) is 4.16. The van der Waals surface area contributed by atoms with Gasteiger partial charge in [-0.1, -0.05) is 0 Å². The van der Waals surface area contributed by atoms with E-state index >= 15 is 0 Å². The van der Waals surface area contributed by atoms with Crippen molar-refractivity contribution in [3.05, 3.63) is 57.2 Å². The molecule has 1 atom stereocenters. The van der Waals surface area contributed by atoms with E-state index in [1.54, 1.807) is 24.3 Å². The normalized spacial score (nSPS) is 17.4. The maximum Gasteiger partial charge on any atom is 0.414 e. The number of hydrogen-bond acceptors (Lipinski definition) is 7. The molecule has 0 unspecified atom stereocenters. The monoisotopic (exact) mass is 482 g/mol. The van der Waals surface area contributed by atoms with Crippen LogP contribution in [0.25, 0.3) is 10.9 Å². The van der Waals surface area contributed by atoms with Gasteiger partial charge < -0.3 is 19.8 Å². The molecule has 10 nitrogen and oxygen atoms in total. The minimum absolute atomic E-state index is 0.0745. The van der Waals surface area contributed by atoms with Gasteiger partial charge >= 0.3 is 11.8 Å². The van der Waals surface area contributed by atoms with Crippen molar-refractivity contribution in [2.75, 3.05) is 29.6 Å². The Kier molecular flexibility index (Phi) is 5.78. The SMILES string of the molecule is COc1ccc2c(=O)n(CCC[C@H]3CN(c4ccc5c(c4)NC(=O)CS5)C(=O)O3)c(=O)[nH]c2c1. The third-order valence-electron chi connectivity index (χ3n) is 5.88. The number of fused-ring (bicyclic) bond motifs is 2. The molecule has 1 aromatic heterocycles. The van der Waals surface area contributed by atoms with Gasteiger partial charge in [0, 0.05) is 23.2 Å². The Morgan fingerprint density at radius 3 is 2.82 bits per heavy atom. The molecule has 2 aliphatic rings. The minimum Gasteiger partial charge on any atom is -0.497 e. The lowest BCUT2D eigenvalue weighted by Gasteiger charge is -2.20. The molecule has 2 aromatic carbocycles. The number of benzene rings is 2. The van der Waals surface area contributed by atoms with Crippen molar-refractivity contribution < 1.29 is 19.1 Å². The van der Waals surface area contributed by atoms with E-state index in [9.17, 15) is 19.2 Å². The van der Waals surface area contributed by atoms with Crippen molar-refractivity contribution in [1.82, 2.24) is 9.55 Å². The fraction of sp³-hybridized carbons (Fsp3) is 0.304. The van der Waals surface area contributed by atoms with Crippen molar-refractivity contribution in [2.24, 2.45) is 0 Å². The van der Waals surface area contributed by atoms with E-state index in [1.165, 1.54) is 23.8 Å². The highest BCUT2D eigenvalue weighted by atomic mass is 32.2. The molecule has 2 N–H and O–H groups in total. The second kappa shape index (κ2) is 8.90. The molecular weight excluding hydrogens is 460 g/mol. The number of amides is 2. The Morgan fingerprint density at radius 2 is 2.00 bits per heavy atom. The number of rotatable bonds is 6. The average molecular weight is 483 g/mol. The number of carbonyl (C=O) groups is 2. The molecule has 3 aromatic rings. The van der Waals surface area contributed by atoms with Crippen molar-refractivity contribution >= 4 is 46.0 Å². The van der Waals surface area contributed by atoms with Gasteiger partial charge in [-0.15, -0.1) is 11.8 Å². The van der Waals surface area contributed by atoms with Crippen LogP contribution in [0, 0.1) is 0 Å². The third-order valence-corrected chi connectivity index (χ3v) is 6.95. The van der Waals surface area contributed by atoms with Crippen LogP contribution in [0.2, 0.25) is 0 Å². The van der Waals surface area contributed by atoms with Gasteiger partial charge in [0.05, 0.1) is 36.0 Å². The zero-order valence-corrected chi connectivity index (χ0v) is 19.1. The summed E-state index contributed by atoms with van der Waals surface area (Å²) >= 11 is 1.45. The quantitative estimate of drug-likeness (QED) is 0.554. The molecule has 1 saturated heterocycles.